The molecule has 1 nitrogen and oxygen atoms in total. The first-order valence-corrected chi connectivity index (χ1v) is 10.2. The monoisotopic (exact) mass is 371 g/mol. The summed E-state index contributed by atoms with van der Waals surface area (Å²) in [5.74, 6) is 0. The van der Waals surface area contributed by atoms with E-state index < -0.39 is 0 Å². The van der Waals surface area contributed by atoms with Gasteiger partial charge in [-0.3, -0.25) is 0 Å². The molecule has 0 bridgehead atoms. The third-order valence-electron chi connectivity index (χ3n) is 4.96. The SMILES string of the molecule is Cc1ccc(-c2cc3ccc(-c4cc(C)cc(C(C)(C)C)c4)nc3s2)cc1. The Kier molecular flexibility index (Phi) is 4.39. The number of aryl methyl sites for hydroxylation is 2. The quantitative estimate of drug-likeness (QED) is 0.354. The molecule has 4 aromatic rings. The van der Waals surface area contributed by atoms with Crippen molar-refractivity contribution < 1.29 is 0 Å². The first-order valence-electron chi connectivity index (χ1n) is 9.40. The number of fused-ring (bicyclic) bond motifs is 1. The number of aromatic nitrogens is 1. The molecule has 4 rings (SSSR count). The minimum Gasteiger partial charge on any atom is -0.237 e. The average molecular weight is 372 g/mol. The van der Waals surface area contributed by atoms with Crippen LogP contribution in [0.25, 0.3) is 31.9 Å². The molecule has 0 atom stereocenters. The summed E-state index contributed by atoms with van der Waals surface area (Å²) in [6.07, 6.45) is 0. The number of benzene rings is 2. The predicted molar refractivity (Wildman–Crippen MR) is 119 cm³/mol. The number of nitrogens with zero attached hydrogens (tertiary/aromatic N) is 1. The molecule has 27 heavy (non-hydrogen) atoms. The topological polar surface area (TPSA) is 12.9 Å². The van der Waals surface area contributed by atoms with Gasteiger partial charge in [0.1, 0.15) is 4.83 Å². The Morgan fingerprint density at radius 2 is 1.48 bits per heavy atom. The van der Waals surface area contributed by atoms with Crippen LogP contribution in [-0.4, -0.2) is 4.98 Å². The molecule has 0 fully saturated rings. The molecule has 136 valence electrons. The fourth-order valence-electron chi connectivity index (χ4n) is 3.30. The van der Waals surface area contributed by atoms with Gasteiger partial charge in [0.2, 0.25) is 0 Å². The summed E-state index contributed by atoms with van der Waals surface area (Å²) >= 11 is 1.77. The molecule has 0 saturated carbocycles. The van der Waals surface area contributed by atoms with Crippen LogP contribution in [0.4, 0.5) is 0 Å². The Bertz CT molecular complexity index is 1110. The van der Waals surface area contributed by atoms with Crippen LogP contribution in [0, 0.1) is 13.8 Å². The van der Waals surface area contributed by atoms with Crippen LogP contribution in [0.3, 0.4) is 0 Å². The molecule has 2 heteroatoms. The Labute approximate surface area is 165 Å². The van der Waals surface area contributed by atoms with E-state index in [0.29, 0.717) is 0 Å². The van der Waals surface area contributed by atoms with Crippen LogP contribution in [0.2, 0.25) is 0 Å². The maximum Gasteiger partial charge on any atom is 0.124 e. The molecule has 0 aliphatic heterocycles. The van der Waals surface area contributed by atoms with Gasteiger partial charge in [0.15, 0.2) is 0 Å². The molecule has 2 aromatic carbocycles. The summed E-state index contributed by atoms with van der Waals surface area (Å²) in [6, 6.07) is 22.1. The van der Waals surface area contributed by atoms with Gasteiger partial charge in [0, 0.05) is 15.8 Å². The smallest absolute Gasteiger partial charge is 0.124 e. The maximum absolute atomic E-state index is 4.99. The largest absolute Gasteiger partial charge is 0.237 e. The number of pyridine rings is 1. The number of hydrogen-bond acceptors (Lipinski definition) is 2. The van der Waals surface area contributed by atoms with Crippen molar-refractivity contribution in [2.75, 3.05) is 0 Å². The maximum atomic E-state index is 4.99. The van der Waals surface area contributed by atoms with E-state index in [1.54, 1.807) is 11.3 Å². The molecule has 0 radical (unpaired) electrons. The Morgan fingerprint density at radius 1 is 0.741 bits per heavy atom. The van der Waals surface area contributed by atoms with Crippen molar-refractivity contribution in [1.29, 1.82) is 0 Å². The molecule has 0 amide bonds. The second-order valence-electron chi connectivity index (χ2n) is 8.41. The van der Waals surface area contributed by atoms with Crippen LogP contribution < -0.4 is 0 Å². The van der Waals surface area contributed by atoms with Crippen molar-refractivity contribution in [3.63, 3.8) is 0 Å². The van der Waals surface area contributed by atoms with Gasteiger partial charge in [-0.2, -0.15) is 0 Å². The molecule has 2 heterocycles. The van der Waals surface area contributed by atoms with Crippen molar-refractivity contribution >= 4 is 21.6 Å². The van der Waals surface area contributed by atoms with Gasteiger partial charge >= 0.3 is 0 Å². The second-order valence-corrected chi connectivity index (χ2v) is 9.44. The van der Waals surface area contributed by atoms with Crippen LogP contribution in [0.5, 0.6) is 0 Å². The van der Waals surface area contributed by atoms with Crippen molar-refractivity contribution in [2.45, 2.75) is 40.0 Å². The van der Waals surface area contributed by atoms with Gasteiger partial charge in [0.05, 0.1) is 5.69 Å². The fraction of sp³-hybridized carbons (Fsp3) is 0.240. The summed E-state index contributed by atoms with van der Waals surface area (Å²) < 4.78 is 0. The summed E-state index contributed by atoms with van der Waals surface area (Å²) in [4.78, 5) is 7.36. The first-order chi connectivity index (χ1) is 12.8. The molecular weight excluding hydrogens is 346 g/mol. The minimum atomic E-state index is 0.131. The summed E-state index contributed by atoms with van der Waals surface area (Å²) in [6.45, 7) is 11.1. The van der Waals surface area contributed by atoms with E-state index in [4.69, 9.17) is 4.98 Å². The first kappa shape index (κ1) is 17.9. The van der Waals surface area contributed by atoms with Crippen molar-refractivity contribution in [3.05, 3.63) is 77.4 Å². The highest BCUT2D eigenvalue weighted by molar-refractivity contribution is 7.21. The van der Waals surface area contributed by atoms with Gasteiger partial charge in [-0.25, -0.2) is 4.98 Å². The Morgan fingerprint density at radius 3 is 2.19 bits per heavy atom. The molecular formula is C25H25NS. The lowest BCUT2D eigenvalue weighted by atomic mass is 9.85. The van der Waals surface area contributed by atoms with E-state index in [0.717, 1.165) is 10.5 Å². The minimum absolute atomic E-state index is 0.131. The molecule has 0 aliphatic carbocycles. The summed E-state index contributed by atoms with van der Waals surface area (Å²) in [7, 11) is 0. The van der Waals surface area contributed by atoms with Crippen LogP contribution in [0.1, 0.15) is 37.5 Å². The van der Waals surface area contributed by atoms with Gasteiger partial charge in [0.25, 0.3) is 0 Å². The molecule has 0 aliphatic rings. The molecule has 2 aromatic heterocycles. The van der Waals surface area contributed by atoms with Gasteiger partial charge in [-0.15, -0.1) is 11.3 Å². The highest BCUT2D eigenvalue weighted by atomic mass is 32.1. The van der Waals surface area contributed by atoms with Crippen molar-refractivity contribution in [2.24, 2.45) is 0 Å². The van der Waals surface area contributed by atoms with Gasteiger partial charge < -0.3 is 0 Å². The summed E-state index contributed by atoms with van der Waals surface area (Å²) in [5.41, 5.74) is 7.56. The molecule has 0 N–H and O–H groups in total. The Balaban J connectivity index is 1.78. The van der Waals surface area contributed by atoms with Crippen LogP contribution in [-0.2, 0) is 5.41 Å². The van der Waals surface area contributed by atoms with Crippen LogP contribution >= 0.6 is 11.3 Å². The number of thiophene rings is 1. The third-order valence-corrected chi connectivity index (χ3v) is 6.05. The second kappa shape index (κ2) is 6.61. The van der Waals surface area contributed by atoms with Crippen LogP contribution in [0.15, 0.2) is 60.7 Å². The van der Waals surface area contributed by atoms with Crippen molar-refractivity contribution in [1.82, 2.24) is 4.98 Å². The van der Waals surface area contributed by atoms with E-state index in [9.17, 15) is 0 Å². The standard InChI is InChI=1S/C25H25NS/c1-16-6-8-18(9-7-16)23-15-19-10-11-22(26-24(19)27-23)20-12-17(2)13-21(14-20)25(3,4)5/h6-15H,1-5H3. The van der Waals surface area contributed by atoms with E-state index in [1.165, 1.54) is 38.1 Å². The number of hydrogen-bond donors (Lipinski definition) is 0. The lowest BCUT2D eigenvalue weighted by molar-refractivity contribution is 0.590. The Hall–Kier alpha value is -2.45. The lowest BCUT2D eigenvalue weighted by Crippen LogP contribution is -2.11. The summed E-state index contributed by atoms with van der Waals surface area (Å²) in [5, 5.41) is 1.21. The van der Waals surface area contributed by atoms with Gasteiger partial charge in [-0.1, -0.05) is 62.2 Å². The zero-order valence-electron chi connectivity index (χ0n) is 16.6. The van der Waals surface area contributed by atoms with Gasteiger partial charge in [-0.05, 0) is 60.7 Å². The van der Waals surface area contributed by atoms with E-state index in [1.807, 2.05) is 0 Å². The van der Waals surface area contributed by atoms with E-state index >= 15 is 0 Å². The molecule has 0 saturated heterocycles. The zero-order valence-corrected chi connectivity index (χ0v) is 17.4. The average Bonchev–Trinajstić information content (AvgIpc) is 3.04. The highest BCUT2D eigenvalue weighted by Crippen LogP contribution is 2.35. The normalized spacial score (nSPS) is 11.9. The third kappa shape index (κ3) is 3.68. The number of rotatable bonds is 2. The predicted octanol–water partition coefficient (Wildman–Crippen LogP) is 7.54. The lowest BCUT2D eigenvalue weighted by Gasteiger charge is -2.20. The highest BCUT2D eigenvalue weighted by Gasteiger charge is 2.16. The van der Waals surface area contributed by atoms with E-state index in [2.05, 4.69) is 95.3 Å². The molecule has 0 spiro atoms. The van der Waals surface area contributed by atoms with E-state index in [-0.39, 0.29) is 5.41 Å². The molecule has 0 unspecified atom stereocenters. The fourth-order valence-corrected chi connectivity index (χ4v) is 4.34. The van der Waals surface area contributed by atoms with Crippen molar-refractivity contribution in [3.8, 4) is 21.7 Å². The zero-order chi connectivity index (χ0) is 19.2.